The summed E-state index contributed by atoms with van der Waals surface area (Å²) in [5.41, 5.74) is 1.28. The van der Waals surface area contributed by atoms with Crippen molar-refractivity contribution in [3.8, 4) is 0 Å². The molecule has 0 aliphatic carbocycles. The molecule has 1 aromatic rings. The number of fused-ring (bicyclic) bond motifs is 1. The van der Waals surface area contributed by atoms with E-state index in [9.17, 15) is 4.79 Å². The minimum absolute atomic E-state index is 0.0555. The molecular formula is C9H7NOS. The van der Waals surface area contributed by atoms with Crippen LogP contribution in [0.4, 0.5) is 0 Å². The number of thioether (sulfide) groups is 1. The lowest BCUT2D eigenvalue weighted by Crippen LogP contribution is -1.94. The molecule has 0 N–H and O–H groups in total. The Bertz CT molecular complexity index is 319. The van der Waals surface area contributed by atoms with Crippen molar-refractivity contribution < 1.29 is 4.79 Å². The molecule has 0 aromatic heterocycles. The normalized spacial score (nSPS) is 19.8. The van der Waals surface area contributed by atoms with Gasteiger partial charge in [-0.25, -0.2) is 4.79 Å². The summed E-state index contributed by atoms with van der Waals surface area (Å²) in [6, 6.07) is 8.13. The van der Waals surface area contributed by atoms with Crippen LogP contribution in [0.25, 0.3) is 0 Å². The Kier molecular flexibility index (Phi) is 1.98. The van der Waals surface area contributed by atoms with Crippen molar-refractivity contribution in [2.75, 3.05) is 0 Å². The van der Waals surface area contributed by atoms with Crippen molar-refractivity contribution in [2.45, 2.75) is 16.7 Å². The second kappa shape index (κ2) is 3.13. The van der Waals surface area contributed by atoms with Crippen LogP contribution in [0, 0.1) is 0 Å². The second-order valence-corrected chi connectivity index (χ2v) is 3.82. The summed E-state index contributed by atoms with van der Waals surface area (Å²) >= 11 is 1.63. The van der Waals surface area contributed by atoms with E-state index < -0.39 is 0 Å². The topological polar surface area (TPSA) is 29.4 Å². The number of benzene rings is 1. The summed E-state index contributed by atoms with van der Waals surface area (Å²) in [6.07, 6.45) is 2.46. The van der Waals surface area contributed by atoms with E-state index in [1.807, 2.05) is 12.1 Å². The molecule has 1 heterocycles. The van der Waals surface area contributed by atoms with E-state index in [0.717, 1.165) is 6.42 Å². The lowest BCUT2D eigenvalue weighted by molar-refractivity contribution is 0.562. The number of hydrogen-bond acceptors (Lipinski definition) is 3. The SMILES string of the molecule is O=C=NC1Cc2ccccc2S1. The molecule has 0 radical (unpaired) electrons. The first-order valence-corrected chi connectivity index (χ1v) is 4.59. The number of aliphatic imine (C=N–C) groups is 1. The van der Waals surface area contributed by atoms with E-state index in [4.69, 9.17) is 0 Å². The summed E-state index contributed by atoms with van der Waals surface area (Å²) in [5.74, 6) is 0. The minimum atomic E-state index is 0.0555. The molecule has 0 spiro atoms. The summed E-state index contributed by atoms with van der Waals surface area (Å²) in [6.45, 7) is 0. The molecular weight excluding hydrogens is 170 g/mol. The van der Waals surface area contributed by atoms with Gasteiger partial charge in [0.25, 0.3) is 0 Å². The van der Waals surface area contributed by atoms with Crippen molar-refractivity contribution in [1.29, 1.82) is 0 Å². The van der Waals surface area contributed by atoms with Crippen LogP contribution in [-0.4, -0.2) is 11.5 Å². The molecule has 1 atom stereocenters. The highest BCUT2D eigenvalue weighted by molar-refractivity contribution is 8.00. The monoisotopic (exact) mass is 177 g/mol. The number of hydrogen-bond donors (Lipinski definition) is 0. The fourth-order valence-electron chi connectivity index (χ4n) is 1.29. The van der Waals surface area contributed by atoms with Crippen molar-refractivity contribution in [3.05, 3.63) is 29.8 Å². The number of isocyanates is 1. The van der Waals surface area contributed by atoms with Crippen LogP contribution in [0.1, 0.15) is 5.56 Å². The maximum Gasteiger partial charge on any atom is 0.236 e. The average molecular weight is 177 g/mol. The molecule has 60 valence electrons. The van der Waals surface area contributed by atoms with Gasteiger partial charge in [0.1, 0.15) is 5.37 Å². The molecule has 1 aliphatic rings. The van der Waals surface area contributed by atoms with E-state index >= 15 is 0 Å². The van der Waals surface area contributed by atoms with Gasteiger partial charge >= 0.3 is 0 Å². The van der Waals surface area contributed by atoms with Gasteiger partial charge in [-0.05, 0) is 11.6 Å². The minimum Gasteiger partial charge on any atom is -0.211 e. The first-order chi connectivity index (χ1) is 5.90. The molecule has 2 rings (SSSR count). The van der Waals surface area contributed by atoms with Crippen molar-refractivity contribution in [3.63, 3.8) is 0 Å². The Morgan fingerprint density at radius 1 is 1.50 bits per heavy atom. The summed E-state index contributed by atoms with van der Waals surface area (Å²) in [7, 11) is 0. The van der Waals surface area contributed by atoms with Gasteiger partial charge in [-0.15, -0.1) is 0 Å². The van der Waals surface area contributed by atoms with Gasteiger partial charge in [0, 0.05) is 11.3 Å². The standard InChI is InChI=1S/C9H7NOS/c11-6-10-9-5-7-3-1-2-4-8(7)12-9/h1-4,9H,5H2. The first kappa shape index (κ1) is 7.59. The smallest absolute Gasteiger partial charge is 0.211 e. The highest BCUT2D eigenvalue weighted by Gasteiger charge is 2.20. The zero-order valence-electron chi connectivity index (χ0n) is 6.36. The average Bonchev–Trinajstić information content (AvgIpc) is 2.47. The molecule has 12 heavy (non-hydrogen) atoms. The molecule has 0 amide bonds. The number of rotatable bonds is 1. The Morgan fingerprint density at radius 3 is 3.08 bits per heavy atom. The third kappa shape index (κ3) is 1.29. The lowest BCUT2D eigenvalue weighted by atomic mass is 10.2. The van der Waals surface area contributed by atoms with Crippen LogP contribution in [0.2, 0.25) is 0 Å². The molecule has 3 heteroatoms. The van der Waals surface area contributed by atoms with Gasteiger partial charge in [-0.3, -0.25) is 0 Å². The van der Waals surface area contributed by atoms with E-state index in [1.54, 1.807) is 17.8 Å². The van der Waals surface area contributed by atoms with Crippen LogP contribution < -0.4 is 0 Å². The Morgan fingerprint density at radius 2 is 2.33 bits per heavy atom. The van der Waals surface area contributed by atoms with E-state index in [-0.39, 0.29) is 5.37 Å². The second-order valence-electron chi connectivity index (χ2n) is 2.60. The third-order valence-corrected chi connectivity index (χ3v) is 3.02. The van der Waals surface area contributed by atoms with Gasteiger partial charge in [0.2, 0.25) is 6.08 Å². The number of carbonyl (C=O) groups excluding carboxylic acids is 1. The van der Waals surface area contributed by atoms with Gasteiger partial charge in [0.15, 0.2) is 0 Å². The molecule has 1 aromatic carbocycles. The summed E-state index contributed by atoms with van der Waals surface area (Å²) < 4.78 is 0. The molecule has 1 aliphatic heterocycles. The van der Waals surface area contributed by atoms with Crippen LogP contribution in [0.5, 0.6) is 0 Å². The van der Waals surface area contributed by atoms with Gasteiger partial charge in [0.05, 0.1) is 0 Å². The highest BCUT2D eigenvalue weighted by Crippen LogP contribution is 2.36. The Hall–Kier alpha value is -1.05. The largest absolute Gasteiger partial charge is 0.236 e. The first-order valence-electron chi connectivity index (χ1n) is 3.71. The van der Waals surface area contributed by atoms with Crippen LogP contribution in [0.3, 0.4) is 0 Å². The van der Waals surface area contributed by atoms with Crippen LogP contribution in [0.15, 0.2) is 34.2 Å². The van der Waals surface area contributed by atoms with E-state index in [1.165, 1.54) is 10.5 Å². The van der Waals surface area contributed by atoms with Crippen LogP contribution in [-0.2, 0) is 11.2 Å². The Balaban J connectivity index is 2.27. The predicted octanol–water partition coefficient (Wildman–Crippen LogP) is 2.00. The van der Waals surface area contributed by atoms with Crippen molar-refractivity contribution in [2.24, 2.45) is 4.99 Å². The van der Waals surface area contributed by atoms with Gasteiger partial charge in [-0.1, -0.05) is 30.0 Å². The zero-order chi connectivity index (χ0) is 8.39. The Labute approximate surface area is 74.7 Å². The number of nitrogens with zero attached hydrogens (tertiary/aromatic N) is 1. The summed E-state index contributed by atoms with van der Waals surface area (Å²) in [5, 5.41) is 0.0555. The van der Waals surface area contributed by atoms with Crippen LogP contribution >= 0.6 is 11.8 Å². The fourth-order valence-corrected chi connectivity index (χ4v) is 2.41. The van der Waals surface area contributed by atoms with Crippen molar-refractivity contribution >= 4 is 17.8 Å². The van der Waals surface area contributed by atoms with Crippen molar-refractivity contribution in [1.82, 2.24) is 0 Å². The molecule has 0 saturated heterocycles. The summed E-state index contributed by atoms with van der Waals surface area (Å²) in [4.78, 5) is 14.9. The van der Waals surface area contributed by atoms with E-state index in [2.05, 4.69) is 17.1 Å². The third-order valence-electron chi connectivity index (χ3n) is 1.83. The zero-order valence-corrected chi connectivity index (χ0v) is 7.17. The maximum absolute atomic E-state index is 10.0. The fraction of sp³-hybridized carbons (Fsp3) is 0.222. The quantitative estimate of drug-likeness (QED) is 0.485. The molecule has 0 saturated carbocycles. The van der Waals surface area contributed by atoms with E-state index in [0.29, 0.717) is 0 Å². The molecule has 0 fully saturated rings. The van der Waals surface area contributed by atoms with Gasteiger partial charge in [-0.2, -0.15) is 4.99 Å². The predicted molar refractivity (Wildman–Crippen MR) is 47.9 cm³/mol. The molecule has 2 nitrogen and oxygen atoms in total. The van der Waals surface area contributed by atoms with Gasteiger partial charge < -0.3 is 0 Å². The molecule has 1 unspecified atom stereocenters. The maximum atomic E-state index is 10.0. The molecule has 0 bridgehead atoms. The highest BCUT2D eigenvalue weighted by atomic mass is 32.2. The lowest BCUT2D eigenvalue weighted by Gasteiger charge is -1.93.